The number of carbonyl (C=O) groups excluding carboxylic acids is 2. The van der Waals surface area contributed by atoms with Gasteiger partial charge in [0, 0.05) is 18.7 Å². The third-order valence-corrected chi connectivity index (χ3v) is 4.32. The summed E-state index contributed by atoms with van der Waals surface area (Å²) >= 11 is 0. The highest BCUT2D eigenvalue weighted by molar-refractivity contribution is 6.02. The van der Waals surface area contributed by atoms with E-state index in [1.165, 1.54) is 6.26 Å². The minimum absolute atomic E-state index is 0.0385. The van der Waals surface area contributed by atoms with Crippen molar-refractivity contribution in [1.82, 2.24) is 5.32 Å². The Bertz CT molecular complexity index is 951. The van der Waals surface area contributed by atoms with Crippen LogP contribution >= 0.6 is 0 Å². The lowest BCUT2D eigenvalue weighted by Crippen LogP contribution is -2.23. The third-order valence-electron chi connectivity index (χ3n) is 4.32. The van der Waals surface area contributed by atoms with E-state index >= 15 is 0 Å². The van der Waals surface area contributed by atoms with E-state index in [4.69, 9.17) is 9.15 Å². The van der Waals surface area contributed by atoms with Crippen molar-refractivity contribution in [3.63, 3.8) is 0 Å². The van der Waals surface area contributed by atoms with Crippen molar-refractivity contribution in [3.8, 4) is 5.75 Å². The predicted molar refractivity (Wildman–Crippen MR) is 111 cm³/mol. The molecule has 0 bridgehead atoms. The lowest BCUT2D eigenvalue weighted by molar-refractivity contribution is -0.121. The van der Waals surface area contributed by atoms with Crippen molar-refractivity contribution in [2.24, 2.45) is 0 Å². The van der Waals surface area contributed by atoms with Crippen molar-refractivity contribution >= 4 is 17.5 Å². The largest absolute Gasteiger partial charge is 0.493 e. The molecule has 0 saturated carbocycles. The van der Waals surface area contributed by atoms with Gasteiger partial charge in [0.2, 0.25) is 5.91 Å². The molecule has 0 radical (unpaired) electrons. The molecule has 29 heavy (non-hydrogen) atoms. The highest BCUT2D eigenvalue weighted by Gasteiger charge is 2.09. The first-order valence-corrected chi connectivity index (χ1v) is 9.51. The number of hydrogen-bond donors (Lipinski definition) is 2. The fraction of sp³-hybridized carbons (Fsp3) is 0.217. The molecule has 0 aliphatic rings. The molecular formula is C23H24N2O4. The average Bonchev–Trinajstić information content (AvgIpc) is 3.26. The van der Waals surface area contributed by atoms with E-state index < -0.39 is 0 Å². The maximum Gasteiger partial charge on any atom is 0.291 e. The highest BCUT2D eigenvalue weighted by atomic mass is 16.5. The van der Waals surface area contributed by atoms with Crippen LogP contribution in [0.5, 0.6) is 5.75 Å². The van der Waals surface area contributed by atoms with Gasteiger partial charge in [0.15, 0.2) is 5.76 Å². The minimum Gasteiger partial charge on any atom is -0.493 e. The Morgan fingerprint density at radius 1 is 1.03 bits per heavy atom. The molecule has 6 nitrogen and oxygen atoms in total. The fourth-order valence-corrected chi connectivity index (χ4v) is 2.78. The summed E-state index contributed by atoms with van der Waals surface area (Å²) in [6.07, 6.45) is 2.48. The number of furan rings is 1. The van der Waals surface area contributed by atoms with E-state index in [0.717, 1.165) is 16.9 Å². The normalized spacial score (nSPS) is 10.4. The van der Waals surface area contributed by atoms with Crippen molar-refractivity contribution < 1.29 is 18.7 Å². The second kappa shape index (κ2) is 10.1. The van der Waals surface area contributed by atoms with Gasteiger partial charge in [-0.05, 0) is 54.8 Å². The Morgan fingerprint density at radius 3 is 2.69 bits per heavy atom. The van der Waals surface area contributed by atoms with Gasteiger partial charge in [-0.3, -0.25) is 9.59 Å². The monoisotopic (exact) mass is 392 g/mol. The lowest BCUT2D eigenvalue weighted by atomic mass is 10.2. The van der Waals surface area contributed by atoms with Crippen molar-refractivity contribution in [1.29, 1.82) is 0 Å². The summed E-state index contributed by atoms with van der Waals surface area (Å²) in [6.45, 7) is 2.88. The SMILES string of the molecule is Cc1ccccc1OCCCC(=O)NCc1cccc(NC(=O)c2ccco2)c1. The van der Waals surface area contributed by atoms with Gasteiger partial charge in [0.05, 0.1) is 12.9 Å². The Morgan fingerprint density at radius 2 is 1.90 bits per heavy atom. The van der Waals surface area contributed by atoms with Crippen LogP contribution in [0.25, 0.3) is 0 Å². The molecule has 0 aliphatic heterocycles. The second-order valence-corrected chi connectivity index (χ2v) is 6.63. The maximum absolute atomic E-state index is 12.1. The number of aryl methyl sites for hydroxylation is 1. The molecule has 3 rings (SSSR count). The van der Waals surface area contributed by atoms with Gasteiger partial charge in [-0.1, -0.05) is 30.3 Å². The van der Waals surface area contributed by atoms with Gasteiger partial charge in [-0.25, -0.2) is 0 Å². The topological polar surface area (TPSA) is 80.6 Å². The van der Waals surface area contributed by atoms with Crippen LogP contribution in [-0.2, 0) is 11.3 Å². The molecule has 0 unspecified atom stereocenters. The Kier molecular flexibility index (Phi) is 7.05. The van der Waals surface area contributed by atoms with Crippen molar-refractivity contribution in [2.75, 3.05) is 11.9 Å². The van der Waals surface area contributed by atoms with Gasteiger partial charge >= 0.3 is 0 Å². The molecular weight excluding hydrogens is 368 g/mol. The van der Waals surface area contributed by atoms with Crippen LogP contribution in [0.1, 0.15) is 34.5 Å². The Balaban J connectivity index is 1.39. The molecule has 1 aromatic heterocycles. The molecule has 2 aromatic carbocycles. The number of anilines is 1. The Hall–Kier alpha value is -3.54. The van der Waals surface area contributed by atoms with Crippen LogP contribution in [0.4, 0.5) is 5.69 Å². The third kappa shape index (κ3) is 6.24. The fourth-order valence-electron chi connectivity index (χ4n) is 2.78. The standard InChI is InChI=1S/C23H24N2O4/c1-17-7-2-3-10-20(17)28-14-6-12-22(26)24-16-18-8-4-9-19(15-18)25-23(27)21-11-5-13-29-21/h2-5,7-11,13,15H,6,12,14,16H2,1H3,(H,24,26)(H,25,27). The van der Waals surface area contributed by atoms with Crippen LogP contribution in [0.15, 0.2) is 71.3 Å². The summed E-state index contributed by atoms with van der Waals surface area (Å²) in [7, 11) is 0. The van der Waals surface area contributed by atoms with Crippen LogP contribution in [0, 0.1) is 6.92 Å². The summed E-state index contributed by atoms with van der Waals surface area (Å²) < 4.78 is 10.8. The molecule has 150 valence electrons. The van der Waals surface area contributed by atoms with Gasteiger partial charge in [0.1, 0.15) is 5.75 Å². The number of ether oxygens (including phenoxy) is 1. The predicted octanol–water partition coefficient (Wildman–Crippen LogP) is 4.32. The van der Waals surface area contributed by atoms with E-state index in [-0.39, 0.29) is 17.6 Å². The van der Waals surface area contributed by atoms with Gasteiger partial charge < -0.3 is 19.8 Å². The molecule has 6 heteroatoms. The summed E-state index contributed by atoms with van der Waals surface area (Å²) in [5.41, 5.74) is 2.62. The molecule has 0 spiro atoms. The quantitative estimate of drug-likeness (QED) is 0.532. The molecule has 3 aromatic rings. The number of hydrogen-bond acceptors (Lipinski definition) is 4. The maximum atomic E-state index is 12.1. The number of amides is 2. The summed E-state index contributed by atoms with van der Waals surface area (Å²) in [5, 5.41) is 5.66. The van der Waals surface area contributed by atoms with Gasteiger partial charge in [-0.15, -0.1) is 0 Å². The molecule has 0 saturated heterocycles. The average molecular weight is 392 g/mol. The number of carbonyl (C=O) groups is 2. The number of benzene rings is 2. The zero-order valence-corrected chi connectivity index (χ0v) is 16.3. The molecule has 0 aliphatic carbocycles. The van der Waals surface area contributed by atoms with E-state index in [1.807, 2.05) is 49.4 Å². The molecule has 2 amide bonds. The molecule has 1 heterocycles. The van der Waals surface area contributed by atoms with Gasteiger partial charge in [0.25, 0.3) is 5.91 Å². The lowest BCUT2D eigenvalue weighted by Gasteiger charge is -2.10. The van der Waals surface area contributed by atoms with Gasteiger partial charge in [-0.2, -0.15) is 0 Å². The summed E-state index contributed by atoms with van der Waals surface area (Å²) in [4.78, 5) is 24.1. The highest BCUT2D eigenvalue weighted by Crippen LogP contribution is 2.16. The first-order valence-electron chi connectivity index (χ1n) is 9.51. The molecule has 0 fully saturated rings. The van der Waals surface area contributed by atoms with Crippen LogP contribution < -0.4 is 15.4 Å². The number of rotatable bonds is 9. The van der Waals surface area contributed by atoms with E-state index in [1.54, 1.807) is 18.2 Å². The van der Waals surface area contributed by atoms with E-state index in [0.29, 0.717) is 31.7 Å². The van der Waals surface area contributed by atoms with E-state index in [2.05, 4.69) is 10.6 Å². The Labute approximate surface area is 169 Å². The van der Waals surface area contributed by atoms with Crippen molar-refractivity contribution in [3.05, 3.63) is 83.8 Å². The zero-order chi connectivity index (χ0) is 20.5. The van der Waals surface area contributed by atoms with Crippen molar-refractivity contribution in [2.45, 2.75) is 26.3 Å². The molecule has 0 atom stereocenters. The summed E-state index contributed by atoms with van der Waals surface area (Å²) in [5.74, 6) is 0.742. The number of nitrogens with one attached hydrogen (secondary N) is 2. The first kappa shape index (κ1) is 20.2. The minimum atomic E-state index is -0.315. The number of para-hydroxylation sites is 1. The van der Waals surface area contributed by atoms with Crippen LogP contribution in [-0.4, -0.2) is 18.4 Å². The van der Waals surface area contributed by atoms with Crippen LogP contribution in [0.2, 0.25) is 0 Å². The second-order valence-electron chi connectivity index (χ2n) is 6.63. The zero-order valence-electron chi connectivity index (χ0n) is 16.3. The van der Waals surface area contributed by atoms with Crippen LogP contribution in [0.3, 0.4) is 0 Å². The summed E-state index contributed by atoms with van der Waals surface area (Å²) in [6, 6.07) is 18.4. The molecule has 2 N–H and O–H groups in total. The smallest absolute Gasteiger partial charge is 0.291 e. The van der Waals surface area contributed by atoms with E-state index in [9.17, 15) is 9.59 Å². The first-order chi connectivity index (χ1) is 14.1.